The summed E-state index contributed by atoms with van der Waals surface area (Å²) in [5.74, 6) is 4.44. The molecule has 2 amide bonds. The van der Waals surface area contributed by atoms with Gasteiger partial charge in [-0.3, -0.25) is 14.4 Å². The molecule has 1 aliphatic heterocycles. The summed E-state index contributed by atoms with van der Waals surface area (Å²) in [6.07, 6.45) is 2.44. The molecule has 1 fully saturated rings. The molecule has 0 spiro atoms. The highest BCUT2D eigenvalue weighted by Crippen LogP contribution is 2.22. The van der Waals surface area contributed by atoms with E-state index in [1.807, 2.05) is 24.3 Å². The van der Waals surface area contributed by atoms with Crippen molar-refractivity contribution in [1.82, 2.24) is 10.2 Å². The summed E-state index contributed by atoms with van der Waals surface area (Å²) < 4.78 is 11.1. The van der Waals surface area contributed by atoms with Gasteiger partial charge in [-0.25, -0.2) is 0 Å². The summed E-state index contributed by atoms with van der Waals surface area (Å²) >= 11 is 0. The third-order valence-electron chi connectivity index (χ3n) is 7.14. The molecule has 1 heterocycles. The Kier molecular flexibility index (Phi) is 11.4. The molecule has 40 heavy (non-hydrogen) atoms. The third kappa shape index (κ3) is 7.77. The van der Waals surface area contributed by atoms with Crippen LogP contribution in [0.5, 0.6) is 0 Å². The molecule has 3 N–H and O–H groups in total. The van der Waals surface area contributed by atoms with Crippen LogP contribution in [0.15, 0.2) is 48.5 Å². The Morgan fingerprint density at radius 3 is 2.27 bits per heavy atom. The smallest absolute Gasteiger partial charge is 0.254 e. The summed E-state index contributed by atoms with van der Waals surface area (Å²) in [6, 6.07) is 13.8. The number of hydrogen-bond donors (Lipinski definition) is 3. The number of Topliss-reactive ketones (excluding diaryl/α,β-unsaturated/α-hetero) is 1. The summed E-state index contributed by atoms with van der Waals surface area (Å²) in [6.45, 7) is 1.65. The largest absolute Gasteiger partial charge is 0.396 e. The zero-order chi connectivity index (χ0) is 29.1. The number of nitrogens with one attached hydrogen (secondary N) is 1. The van der Waals surface area contributed by atoms with Crippen molar-refractivity contribution in [2.75, 3.05) is 33.9 Å². The molecular weight excluding hydrogens is 512 g/mol. The number of rotatable bonds is 11. The lowest BCUT2D eigenvalue weighted by Gasteiger charge is -2.36. The molecule has 2 aromatic rings. The van der Waals surface area contributed by atoms with Crippen LogP contribution in [0.4, 0.5) is 0 Å². The molecule has 2 unspecified atom stereocenters. The first-order chi connectivity index (χ1) is 19.2. The normalized spacial score (nSPS) is 17.1. The number of aliphatic hydroxyl groups excluding tert-OH is 2. The fourth-order valence-corrected chi connectivity index (χ4v) is 4.34. The van der Waals surface area contributed by atoms with Crippen LogP contribution in [0, 0.1) is 11.8 Å². The van der Waals surface area contributed by atoms with Gasteiger partial charge in [-0.05, 0) is 81.0 Å². The van der Waals surface area contributed by atoms with Crippen molar-refractivity contribution in [2.24, 2.45) is 0 Å². The van der Waals surface area contributed by atoms with Gasteiger partial charge in [-0.2, -0.15) is 0 Å². The van der Waals surface area contributed by atoms with Crippen LogP contribution in [0.25, 0.3) is 0 Å². The highest BCUT2D eigenvalue weighted by atomic mass is 16.7. The van der Waals surface area contributed by atoms with E-state index in [1.165, 1.54) is 21.0 Å². The zero-order valence-corrected chi connectivity index (χ0v) is 23.3. The van der Waals surface area contributed by atoms with Gasteiger partial charge >= 0.3 is 0 Å². The predicted molar refractivity (Wildman–Crippen MR) is 149 cm³/mol. The SMILES string of the molecule is CNC(=O)[C@@](C)(C(=O)COC1CCCCO1)N(C)C(=O)c1ccc(C#Cc2ccc(C(O)CCCO)cc2)cc1. The molecule has 3 rings (SSSR count). The van der Waals surface area contributed by atoms with Crippen molar-refractivity contribution < 1.29 is 34.1 Å². The number of carbonyl (C=O) groups excluding carboxylic acids is 3. The molecule has 9 nitrogen and oxygen atoms in total. The number of ketones is 1. The first-order valence-electron chi connectivity index (χ1n) is 13.5. The van der Waals surface area contributed by atoms with Crippen LogP contribution >= 0.6 is 0 Å². The highest BCUT2D eigenvalue weighted by molar-refractivity contribution is 6.14. The van der Waals surface area contributed by atoms with Crippen LogP contribution < -0.4 is 5.32 Å². The van der Waals surface area contributed by atoms with Gasteiger partial charge in [0.15, 0.2) is 17.6 Å². The second kappa shape index (κ2) is 14.7. The molecule has 9 heteroatoms. The van der Waals surface area contributed by atoms with Gasteiger partial charge in [0.25, 0.3) is 11.8 Å². The van der Waals surface area contributed by atoms with Crippen LogP contribution in [-0.4, -0.2) is 78.5 Å². The number of likely N-dealkylation sites (N-methyl/N-ethyl adjacent to an activating group) is 2. The average Bonchev–Trinajstić information content (AvgIpc) is 3.00. The Hall–Kier alpha value is -3.55. The van der Waals surface area contributed by atoms with E-state index in [2.05, 4.69) is 17.2 Å². The monoisotopic (exact) mass is 550 g/mol. The molecule has 1 aliphatic rings. The van der Waals surface area contributed by atoms with E-state index in [0.29, 0.717) is 37.0 Å². The fourth-order valence-electron chi connectivity index (χ4n) is 4.34. The van der Waals surface area contributed by atoms with E-state index in [0.717, 1.165) is 28.9 Å². The number of ether oxygens (including phenoxy) is 2. The average molecular weight is 551 g/mol. The Labute approximate surface area is 235 Å². The van der Waals surface area contributed by atoms with Gasteiger partial charge in [0, 0.05) is 44.0 Å². The minimum atomic E-state index is -1.78. The second-order valence-corrected chi connectivity index (χ2v) is 9.88. The number of carbonyl (C=O) groups is 3. The van der Waals surface area contributed by atoms with Crippen LogP contribution in [0.2, 0.25) is 0 Å². The van der Waals surface area contributed by atoms with Gasteiger partial charge in [-0.1, -0.05) is 24.0 Å². The Morgan fingerprint density at radius 1 is 1.10 bits per heavy atom. The lowest BCUT2D eigenvalue weighted by molar-refractivity contribution is -0.174. The summed E-state index contributed by atoms with van der Waals surface area (Å²) in [5.41, 5.74) is 0.725. The van der Waals surface area contributed by atoms with Gasteiger partial charge in [0.05, 0.1) is 6.10 Å². The Morgan fingerprint density at radius 2 is 1.73 bits per heavy atom. The number of amides is 2. The minimum Gasteiger partial charge on any atom is -0.396 e. The van der Waals surface area contributed by atoms with Crippen molar-refractivity contribution in [3.8, 4) is 11.8 Å². The molecule has 2 aromatic carbocycles. The van der Waals surface area contributed by atoms with Crippen LogP contribution in [-0.2, 0) is 19.1 Å². The van der Waals surface area contributed by atoms with E-state index in [4.69, 9.17) is 14.6 Å². The first-order valence-corrected chi connectivity index (χ1v) is 13.5. The topological polar surface area (TPSA) is 125 Å². The molecule has 214 valence electrons. The van der Waals surface area contributed by atoms with Crippen molar-refractivity contribution >= 4 is 17.6 Å². The van der Waals surface area contributed by atoms with E-state index in [9.17, 15) is 19.5 Å². The lowest BCUT2D eigenvalue weighted by Crippen LogP contribution is -2.62. The molecule has 1 saturated heterocycles. The van der Waals surface area contributed by atoms with Gasteiger partial charge in [-0.15, -0.1) is 0 Å². The standard InChI is InChI=1S/C31H38N2O7/c1-31(30(38)32-2,27(36)21-40-28-8-4-5-20-39-28)33(3)29(37)25-17-13-23(14-18-25)10-9-22-11-15-24(16-12-22)26(35)7-6-19-34/h11-18,26,28,34-35H,4-8,19-21H2,1-3H3,(H,32,38)/t26?,28?,31-/m1/s1. The Balaban J connectivity index is 1.68. The van der Waals surface area contributed by atoms with Crippen LogP contribution in [0.1, 0.15) is 72.2 Å². The fraction of sp³-hybridized carbons (Fsp3) is 0.452. The van der Waals surface area contributed by atoms with Gasteiger partial charge < -0.3 is 29.9 Å². The van der Waals surface area contributed by atoms with Crippen molar-refractivity contribution in [2.45, 2.75) is 57.0 Å². The third-order valence-corrected chi connectivity index (χ3v) is 7.14. The highest BCUT2D eigenvalue weighted by Gasteiger charge is 2.46. The summed E-state index contributed by atoms with van der Waals surface area (Å²) in [4.78, 5) is 40.5. The van der Waals surface area contributed by atoms with Crippen LogP contribution in [0.3, 0.4) is 0 Å². The molecule has 3 atom stereocenters. The predicted octanol–water partition coefficient (Wildman–Crippen LogP) is 2.58. The maximum absolute atomic E-state index is 13.3. The molecule has 0 aromatic heterocycles. The quantitative estimate of drug-likeness (QED) is 0.290. The summed E-state index contributed by atoms with van der Waals surface area (Å²) in [7, 11) is 2.84. The minimum absolute atomic E-state index is 0.0397. The number of benzene rings is 2. The van der Waals surface area contributed by atoms with Gasteiger partial charge in [0.2, 0.25) is 0 Å². The summed E-state index contributed by atoms with van der Waals surface area (Å²) in [5, 5.41) is 21.5. The first kappa shape index (κ1) is 31.0. The van der Waals surface area contributed by atoms with Crippen molar-refractivity contribution in [3.63, 3.8) is 0 Å². The van der Waals surface area contributed by atoms with Crippen molar-refractivity contribution in [3.05, 3.63) is 70.8 Å². The number of hydrogen-bond acceptors (Lipinski definition) is 7. The molecular formula is C31H38N2O7. The molecule has 0 aliphatic carbocycles. The number of aliphatic hydroxyl groups is 2. The van der Waals surface area contributed by atoms with Crippen molar-refractivity contribution in [1.29, 1.82) is 0 Å². The van der Waals surface area contributed by atoms with E-state index in [-0.39, 0.29) is 13.2 Å². The van der Waals surface area contributed by atoms with Gasteiger partial charge in [0.1, 0.15) is 6.61 Å². The molecule has 0 bridgehead atoms. The second-order valence-electron chi connectivity index (χ2n) is 9.88. The maximum atomic E-state index is 13.3. The molecule has 0 radical (unpaired) electrons. The van der Waals surface area contributed by atoms with E-state index in [1.54, 1.807) is 24.3 Å². The maximum Gasteiger partial charge on any atom is 0.254 e. The number of nitrogens with zero attached hydrogens (tertiary/aromatic N) is 1. The zero-order valence-electron chi connectivity index (χ0n) is 23.3. The Bertz CT molecular complexity index is 1210. The van der Waals surface area contributed by atoms with E-state index < -0.39 is 35.5 Å². The lowest BCUT2D eigenvalue weighted by atomic mass is 9.92. The van der Waals surface area contributed by atoms with E-state index >= 15 is 0 Å². The molecule has 0 saturated carbocycles.